The van der Waals surface area contributed by atoms with Crippen molar-refractivity contribution >= 4 is 11.0 Å². The summed E-state index contributed by atoms with van der Waals surface area (Å²) in [6.07, 6.45) is 0.927. The summed E-state index contributed by atoms with van der Waals surface area (Å²) in [4.78, 5) is 4.81. The van der Waals surface area contributed by atoms with Crippen molar-refractivity contribution in [3.8, 4) is 0 Å². The second-order valence-corrected chi connectivity index (χ2v) is 6.15. The summed E-state index contributed by atoms with van der Waals surface area (Å²) in [5.41, 5.74) is 12.2. The molecular weight excluding hydrogens is 270 g/mol. The van der Waals surface area contributed by atoms with Gasteiger partial charge in [0.05, 0.1) is 11.0 Å². The first-order valence-corrected chi connectivity index (χ1v) is 7.77. The van der Waals surface area contributed by atoms with Gasteiger partial charge in [0, 0.05) is 19.5 Å². The Hall–Kier alpha value is -2.13. The van der Waals surface area contributed by atoms with Crippen LogP contribution in [0.4, 0.5) is 0 Å². The molecule has 2 aromatic carbocycles. The van der Waals surface area contributed by atoms with E-state index in [4.69, 9.17) is 10.7 Å². The third-order valence-electron chi connectivity index (χ3n) is 4.23. The maximum Gasteiger partial charge on any atom is 0.114 e. The van der Waals surface area contributed by atoms with Gasteiger partial charge < -0.3 is 10.3 Å². The van der Waals surface area contributed by atoms with Crippen LogP contribution in [0.3, 0.4) is 0 Å². The highest BCUT2D eigenvalue weighted by Gasteiger charge is 2.18. The van der Waals surface area contributed by atoms with Crippen LogP contribution in [0.1, 0.15) is 28.4 Å². The summed E-state index contributed by atoms with van der Waals surface area (Å²) in [6, 6.07) is 14.9. The van der Waals surface area contributed by atoms with Crippen LogP contribution in [-0.4, -0.2) is 16.1 Å². The van der Waals surface area contributed by atoms with Crippen molar-refractivity contribution in [3.05, 3.63) is 65.0 Å². The molecule has 0 aliphatic carbocycles. The average molecular weight is 293 g/mol. The van der Waals surface area contributed by atoms with E-state index in [1.54, 1.807) is 0 Å². The molecule has 0 radical (unpaired) electrons. The fourth-order valence-corrected chi connectivity index (χ4v) is 3.28. The van der Waals surface area contributed by atoms with Crippen molar-refractivity contribution in [2.24, 2.45) is 12.8 Å². The van der Waals surface area contributed by atoms with E-state index < -0.39 is 0 Å². The number of rotatable bonds is 4. The quantitative estimate of drug-likeness (QED) is 0.800. The van der Waals surface area contributed by atoms with Gasteiger partial charge in [0.2, 0.25) is 0 Å². The molecule has 0 aliphatic heterocycles. The Morgan fingerprint density at radius 2 is 1.77 bits per heavy atom. The highest BCUT2D eigenvalue weighted by Crippen LogP contribution is 2.24. The van der Waals surface area contributed by atoms with Gasteiger partial charge in [-0.05, 0) is 38.0 Å². The summed E-state index contributed by atoms with van der Waals surface area (Å²) in [7, 11) is 2.08. The first-order chi connectivity index (χ1) is 10.6. The third kappa shape index (κ3) is 2.77. The molecular formula is C19H23N3. The molecule has 22 heavy (non-hydrogen) atoms. The number of aromatic nitrogens is 2. The van der Waals surface area contributed by atoms with Gasteiger partial charge in [-0.2, -0.15) is 0 Å². The molecule has 1 aromatic heterocycles. The lowest BCUT2D eigenvalue weighted by Crippen LogP contribution is -2.18. The second-order valence-electron chi connectivity index (χ2n) is 6.15. The summed E-state index contributed by atoms with van der Waals surface area (Å²) in [6.45, 7) is 4.89. The molecule has 3 heteroatoms. The van der Waals surface area contributed by atoms with Crippen LogP contribution >= 0.6 is 0 Å². The number of aryl methyl sites for hydroxylation is 3. The molecule has 1 atom stereocenters. The van der Waals surface area contributed by atoms with Crippen LogP contribution < -0.4 is 5.73 Å². The van der Waals surface area contributed by atoms with Crippen molar-refractivity contribution in [2.75, 3.05) is 6.54 Å². The van der Waals surface area contributed by atoms with E-state index in [0.29, 0.717) is 6.54 Å². The fraction of sp³-hybridized carbons (Fsp3) is 0.316. The molecule has 3 nitrogen and oxygen atoms in total. The van der Waals surface area contributed by atoms with Crippen molar-refractivity contribution in [2.45, 2.75) is 26.2 Å². The molecule has 0 bridgehead atoms. The molecule has 0 saturated heterocycles. The van der Waals surface area contributed by atoms with Gasteiger partial charge in [-0.1, -0.05) is 41.5 Å². The van der Waals surface area contributed by atoms with E-state index in [2.05, 4.69) is 61.9 Å². The van der Waals surface area contributed by atoms with Gasteiger partial charge in [0.25, 0.3) is 0 Å². The molecule has 114 valence electrons. The molecule has 3 rings (SSSR count). The summed E-state index contributed by atoms with van der Waals surface area (Å²) in [5.74, 6) is 1.31. The van der Waals surface area contributed by atoms with E-state index in [0.717, 1.165) is 23.3 Å². The number of imidazole rings is 1. The molecule has 0 amide bonds. The van der Waals surface area contributed by atoms with E-state index in [1.165, 1.54) is 16.7 Å². The van der Waals surface area contributed by atoms with E-state index >= 15 is 0 Å². The molecule has 3 aromatic rings. The molecule has 1 unspecified atom stereocenters. The zero-order valence-electron chi connectivity index (χ0n) is 13.5. The van der Waals surface area contributed by atoms with Crippen LogP contribution in [0.25, 0.3) is 11.0 Å². The first kappa shape index (κ1) is 14.8. The SMILES string of the molecule is Cc1cc(C)cc(CC(CN)c2nc3ccccc3n2C)c1. The third-order valence-corrected chi connectivity index (χ3v) is 4.23. The van der Waals surface area contributed by atoms with Gasteiger partial charge in [0.1, 0.15) is 5.82 Å². The molecule has 2 N–H and O–H groups in total. The number of para-hydroxylation sites is 2. The Balaban J connectivity index is 1.97. The van der Waals surface area contributed by atoms with Crippen molar-refractivity contribution in [1.29, 1.82) is 0 Å². The van der Waals surface area contributed by atoms with E-state index in [1.807, 2.05) is 6.07 Å². The van der Waals surface area contributed by atoms with Crippen molar-refractivity contribution in [1.82, 2.24) is 9.55 Å². The molecule has 0 aliphatic rings. The number of hydrogen-bond acceptors (Lipinski definition) is 2. The van der Waals surface area contributed by atoms with Gasteiger partial charge in [-0.3, -0.25) is 0 Å². The predicted molar refractivity (Wildman–Crippen MR) is 92.1 cm³/mol. The largest absolute Gasteiger partial charge is 0.331 e. The molecule has 1 heterocycles. The van der Waals surface area contributed by atoms with Crippen molar-refractivity contribution < 1.29 is 0 Å². The number of nitrogens with zero attached hydrogens (tertiary/aromatic N) is 2. The minimum absolute atomic E-state index is 0.235. The maximum atomic E-state index is 6.07. The van der Waals surface area contributed by atoms with Crippen LogP contribution in [0.2, 0.25) is 0 Å². The Morgan fingerprint density at radius 1 is 1.09 bits per heavy atom. The smallest absolute Gasteiger partial charge is 0.114 e. The number of fused-ring (bicyclic) bond motifs is 1. The molecule has 0 fully saturated rings. The van der Waals surface area contributed by atoms with E-state index in [9.17, 15) is 0 Å². The van der Waals surface area contributed by atoms with Crippen molar-refractivity contribution in [3.63, 3.8) is 0 Å². The van der Waals surface area contributed by atoms with Gasteiger partial charge in [0.15, 0.2) is 0 Å². The van der Waals surface area contributed by atoms with Gasteiger partial charge in [-0.25, -0.2) is 4.98 Å². The van der Waals surface area contributed by atoms with Crippen LogP contribution in [0.15, 0.2) is 42.5 Å². The summed E-state index contributed by atoms with van der Waals surface area (Å²) >= 11 is 0. The Bertz CT molecular complexity index is 781. The first-order valence-electron chi connectivity index (χ1n) is 7.77. The Labute approximate surface area is 131 Å². The monoisotopic (exact) mass is 293 g/mol. The van der Waals surface area contributed by atoms with Crippen LogP contribution in [-0.2, 0) is 13.5 Å². The maximum absolute atomic E-state index is 6.07. The zero-order valence-corrected chi connectivity index (χ0v) is 13.5. The van der Waals surface area contributed by atoms with Crippen LogP contribution in [0.5, 0.6) is 0 Å². The molecule has 0 spiro atoms. The lowest BCUT2D eigenvalue weighted by atomic mass is 9.96. The highest BCUT2D eigenvalue weighted by atomic mass is 15.1. The average Bonchev–Trinajstić information content (AvgIpc) is 2.81. The Morgan fingerprint density at radius 3 is 2.41 bits per heavy atom. The fourth-order valence-electron chi connectivity index (χ4n) is 3.28. The van der Waals surface area contributed by atoms with E-state index in [-0.39, 0.29) is 5.92 Å². The van der Waals surface area contributed by atoms with Gasteiger partial charge >= 0.3 is 0 Å². The lowest BCUT2D eigenvalue weighted by Gasteiger charge is -2.16. The minimum atomic E-state index is 0.235. The normalized spacial score (nSPS) is 12.7. The van der Waals surface area contributed by atoms with Gasteiger partial charge in [-0.15, -0.1) is 0 Å². The predicted octanol–water partition coefficient (Wildman–Crippen LogP) is 3.48. The minimum Gasteiger partial charge on any atom is -0.331 e. The standard InChI is InChI=1S/C19H23N3/c1-13-8-14(2)10-15(9-13)11-16(12-20)19-21-17-6-4-5-7-18(17)22(19)3/h4-10,16H,11-12,20H2,1-3H3. The number of hydrogen-bond donors (Lipinski definition) is 1. The second kappa shape index (κ2) is 5.93. The molecule has 0 saturated carbocycles. The lowest BCUT2D eigenvalue weighted by molar-refractivity contribution is 0.622. The Kier molecular flexibility index (Phi) is 3.99. The highest BCUT2D eigenvalue weighted by molar-refractivity contribution is 5.75. The summed E-state index contributed by atoms with van der Waals surface area (Å²) < 4.78 is 2.18. The van der Waals surface area contributed by atoms with Crippen LogP contribution in [0, 0.1) is 13.8 Å². The number of nitrogens with two attached hydrogens (primary N) is 1. The topological polar surface area (TPSA) is 43.8 Å². The summed E-state index contributed by atoms with van der Waals surface area (Å²) in [5, 5.41) is 0. The zero-order chi connectivity index (χ0) is 15.7. The number of benzene rings is 2.